The third kappa shape index (κ3) is 7.81. The topological polar surface area (TPSA) is 122 Å². The van der Waals surface area contributed by atoms with Crippen LogP contribution >= 0.6 is 0 Å². The number of ether oxygens (including phenoxy) is 4. The maximum atomic E-state index is 13.5. The van der Waals surface area contributed by atoms with E-state index in [2.05, 4.69) is 15.2 Å². The van der Waals surface area contributed by atoms with Gasteiger partial charge in [-0.2, -0.15) is 0 Å². The molecule has 1 saturated heterocycles. The maximum absolute atomic E-state index is 13.5. The Kier molecular flexibility index (Phi) is 10.1. The van der Waals surface area contributed by atoms with Crippen LogP contribution in [0.25, 0.3) is 0 Å². The zero-order valence-corrected chi connectivity index (χ0v) is 24.5. The quantitative estimate of drug-likeness (QED) is 0.421. The molecule has 5 rings (SSSR count). The van der Waals surface area contributed by atoms with Crippen LogP contribution in [0.4, 0.5) is 0 Å². The molecule has 4 bridgehead atoms. The van der Waals surface area contributed by atoms with Gasteiger partial charge in [-0.05, 0) is 60.4 Å². The van der Waals surface area contributed by atoms with Gasteiger partial charge in [0.15, 0.2) is 11.5 Å². The average Bonchev–Trinajstić information content (AvgIpc) is 3.00. The second-order valence-corrected chi connectivity index (χ2v) is 10.8. The number of carbonyl (C=O) groups is 2. The van der Waals surface area contributed by atoms with Crippen LogP contribution in [0.1, 0.15) is 34.3 Å². The Hall–Kier alpha value is -4.19. The maximum Gasteiger partial charge on any atom is 0.260 e. The molecule has 3 heterocycles. The number of pyridine rings is 1. The number of piperidine rings is 1. The summed E-state index contributed by atoms with van der Waals surface area (Å²) in [6.07, 6.45) is 2.40. The number of hydrogen-bond donors (Lipinski definition) is 2. The minimum absolute atomic E-state index is 0.0707. The zero-order valence-electron chi connectivity index (χ0n) is 24.5. The number of aromatic amines is 1. The number of benzene rings is 2. The molecule has 0 spiro atoms. The van der Waals surface area contributed by atoms with Crippen molar-refractivity contribution in [1.29, 1.82) is 0 Å². The molecule has 11 heteroatoms. The number of methoxy groups -OCH3 is 2. The Morgan fingerprint density at radius 3 is 2.74 bits per heavy atom. The van der Waals surface area contributed by atoms with Gasteiger partial charge in [-0.15, -0.1) is 0 Å². The van der Waals surface area contributed by atoms with E-state index in [4.69, 9.17) is 18.9 Å². The number of nitrogens with one attached hydrogen (secondary N) is 2. The highest BCUT2D eigenvalue weighted by molar-refractivity contribution is 5.94. The predicted octanol–water partition coefficient (Wildman–Crippen LogP) is 2.94. The van der Waals surface area contributed by atoms with Gasteiger partial charge in [0.2, 0.25) is 5.91 Å². The first-order chi connectivity index (χ1) is 20.9. The summed E-state index contributed by atoms with van der Waals surface area (Å²) < 4.78 is 23.4. The van der Waals surface area contributed by atoms with Crippen molar-refractivity contribution < 1.29 is 28.5 Å². The first-order valence-electron chi connectivity index (χ1n) is 14.5. The number of fused-ring (bicyclic) bond motifs is 5. The molecule has 2 aliphatic rings. The third-order valence-corrected chi connectivity index (χ3v) is 7.65. The molecule has 11 nitrogen and oxygen atoms in total. The van der Waals surface area contributed by atoms with Crippen LogP contribution < -0.4 is 20.3 Å². The molecule has 3 aromatic rings. The number of carbonyl (C=O) groups excluding carboxylic acids is 2. The van der Waals surface area contributed by atoms with Crippen LogP contribution in [0.15, 0.2) is 65.6 Å². The van der Waals surface area contributed by atoms with Gasteiger partial charge in [-0.25, -0.2) is 0 Å². The lowest BCUT2D eigenvalue weighted by Gasteiger charge is -2.39. The average molecular weight is 591 g/mol. The summed E-state index contributed by atoms with van der Waals surface area (Å²) in [5.74, 6) is 1.29. The number of nitrogens with zero attached hydrogens (tertiary/aromatic N) is 2. The Morgan fingerprint density at radius 2 is 1.93 bits per heavy atom. The van der Waals surface area contributed by atoms with E-state index in [0.29, 0.717) is 56.5 Å². The van der Waals surface area contributed by atoms with Gasteiger partial charge in [0.25, 0.3) is 11.5 Å². The van der Waals surface area contributed by atoms with Gasteiger partial charge < -0.3 is 34.1 Å². The van der Waals surface area contributed by atoms with Crippen LogP contribution in [-0.4, -0.2) is 85.7 Å². The second-order valence-electron chi connectivity index (χ2n) is 10.8. The van der Waals surface area contributed by atoms with Crippen LogP contribution in [-0.2, 0) is 27.4 Å². The summed E-state index contributed by atoms with van der Waals surface area (Å²) in [5, 5.41) is 3.14. The normalized spacial score (nSPS) is 19.6. The van der Waals surface area contributed by atoms with E-state index < -0.39 is 11.6 Å². The van der Waals surface area contributed by atoms with Crippen molar-refractivity contribution in [2.45, 2.75) is 38.1 Å². The fraction of sp³-hybridized carbons (Fsp3) is 0.406. The molecule has 0 unspecified atom stereocenters. The molecule has 2 aromatic carbocycles. The molecule has 228 valence electrons. The highest BCUT2D eigenvalue weighted by atomic mass is 16.5. The molecule has 43 heavy (non-hydrogen) atoms. The van der Waals surface area contributed by atoms with E-state index in [1.165, 1.54) is 12.3 Å². The van der Waals surface area contributed by atoms with Gasteiger partial charge in [0.1, 0.15) is 11.3 Å². The molecule has 2 atom stereocenters. The van der Waals surface area contributed by atoms with Crippen molar-refractivity contribution in [2.24, 2.45) is 0 Å². The molecule has 0 aliphatic carbocycles. The molecule has 2 N–H and O–H groups in total. The molecular weight excluding hydrogens is 552 g/mol. The SMILES string of the molecule is COCCCN1CC(=O)N[C@H]2CN(C(=O)c3ccc[nH]c3=O)CC[C@H]2OCc2cccc(c2)Oc2cc(ccc2OC)C1. The Balaban J connectivity index is 1.42. The lowest BCUT2D eigenvalue weighted by molar-refractivity contribution is -0.125. The van der Waals surface area contributed by atoms with Crippen molar-refractivity contribution >= 4 is 11.8 Å². The van der Waals surface area contributed by atoms with E-state index in [9.17, 15) is 14.4 Å². The van der Waals surface area contributed by atoms with Gasteiger partial charge in [-0.1, -0.05) is 18.2 Å². The second kappa shape index (κ2) is 14.3. The Morgan fingerprint density at radius 1 is 1.05 bits per heavy atom. The summed E-state index contributed by atoms with van der Waals surface area (Å²) in [4.78, 5) is 45.3. The number of amides is 2. The summed E-state index contributed by atoms with van der Waals surface area (Å²) in [6.45, 7) is 2.76. The Labute approximate surface area is 250 Å². The summed E-state index contributed by atoms with van der Waals surface area (Å²) in [7, 11) is 3.26. The van der Waals surface area contributed by atoms with Gasteiger partial charge in [0, 0.05) is 46.1 Å². The first kappa shape index (κ1) is 30.3. The van der Waals surface area contributed by atoms with Crippen molar-refractivity contribution in [3.05, 3.63) is 87.8 Å². The summed E-state index contributed by atoms with van der Waals surface area (Å²) in [6, 6.07) is 16.1. The van der Waals surface area contributed by atoms with Gasteiger partial charge in [0.05, 0.1) is 32.4 Å². The molecule has 1 aromatic heterocycles. The van der Waals surface area contributed by atoms with E-state index in [1.54, 1.807) is 25.2 Å². The summed E-state index contributed by atoms with van der Waals surface area (Å²) >= 11 is 0. The molecule has 0 radical (unpaired) electrons. The fourth-order valence-corrected chi connectivity index (χ4v) is 5.50. The van der Waals surface area contributed by atoms with Gasteiger partial charge >= 0.3 is 0 Å². The number of rotatable bonds is 6. The number of aromatic nitrogens is 1. The smallest absolute Gasteiger partial charge is 0.260 e. The molecule has 2 amide bonds. The van der Waals surface area contributed by atoms with Crippen molar-refractivity contribution in [2.75, 3.05) is 47.0 Å². The van der Waals surface area contributed by atoms with Crippen molar-refractivity contribution in [3.63, 3.8) is 0 Å². The van der Waals surface area contributed by atoms with Gasteiger partial charge in [-0.3, -0.25) is 19.3 Å². The molecule has 2 aliphatic heterocycles. The van der Waals surface area contributed by atoms with Crippen LogP contribution in [0.5, 0.6) is 17.2 Å². The van der Waals surface area contributed by atoms with Crippen LogP contribution in [0.2, 0.25) is 0 Å². The monoisotopic (exact) mass is 590 g/mol. The van der Waals surface area contributed by atoms with E-state index in [1.807, 2.05) is 42.5 Å². The number of H-pyrrole nitrogens is 1. The minimum Gasteiger partial charge on any atom is -0.493 e. The highest BCUT2D eigenvalue weighted by Crippen LogP contribution is 2.33. The minimum atomic E-state index is -0.464. The van der Waals surface area contributed by atoms with Crippen molar-refractivity contribution in [1.82, 2.24) is 20.1 Å². The number of hydrogen-bond acceptors (Lipinski definition) is 8. The zero-order chi connectivity index (χ0) is 30.2. The van der Waals surface area contributed by atoms with Crippen LogP contribution in [0.3, 0.4) is 0 Å². The van der Waals surface area contributed by atoms with E-state index >= 15 is 0 Å². The van der Waals surface area contributed by atoms with E-state index in [-0.39, 0.29) is 36.6 Å². The first-order valence-corrected chi connectivity index (χ1v) is 14.5. The third-order valence-electron chi connectivity index (χ3n) is 7.65. The largest absolute Gasteiger partial charge is 0.493 e. The molecule has 0 saturated carbocycles. The molecular formula is C32H38N4O7. The standard InChI is InChI=1S/C32H38N4O7/c1-40-15-5-13-35-18-22-9-10-28(41-2)29(17-22)43-24-7-3-6-23(16-24)21-42-27-11-14-36(19-26(27)34-30(37)20-35)32(39)25-8-4-12-33-31(25)38/h3-4,6-10,12,16-17,26-27H,5,11,13-15,18-21H2,1-2H3,(H,33,38)(H,34,37)/t26-,27+/m0/s1. The van der Waals surface area contributed by atoms with Crippen molar-refractivity contribution in [3.8, 4) is 17.2 Å². The Bertz CT molecular complexity index is 1480. The predicted molar refractivity (Wildman–Crippen MR) is 159 cm³/mol. The molecule has 1 fully saturated rings. The lowest BCUT2D eigenvalue weighted by Crippen LogP contribution is -2.58. The van der Waals surface area contributed by atoms with Crippen LogP contribution in [0, 0.1) is 0 Å². The lowest BCUT2D eigenvalue weighted by atomic mass is 10.0. The van der Waals surface area contributed by atoms with E-state index in [0.717, 1.165) is 17.5 Å². The number of likely N-dealkylation sites (tertiary alicyclic amines) is 1. The summed E-state index contributed by atoms with van der Waals surface area (Å²) in [5.41, 5.74) is 1.50. The highest BCUT2D eigenvalue weighted by Gasteiger charge is 2.34. The fourth-order valence-electron chi connectivity index (χ4n) is 5.50.